The molecule has 0 aromatic heterocycles. The molecule has 0 spiro atoms. The van der Waals surface area contributed by atoms with Crippen LogP contribution >= 0.6 is 11.8 Å². The van der Waals surface area contributed by atoms with Gasteiger partial charge >= 0.3 is 0 Å². The molecule has 2 heteroatoms. The lowest BCUT2D eigenvalue weighted by Gasteiger charge is -2.07. The second-order valence-corrected chi connectivity index (χ2v) is 3.71. The maximum absolute atomic E-state index is 9.48. The average molecular weight is 182 g/mol. The summed E-state index contributed by atoms with van der Waals surface area (Å²) in [7, 11) is 0. The quantitative estimate of drug-likeness (QED) is 0.768. The second kappa shape index (κ2) is 5.22. The zero-order valence-electron chi connectivity index (χ0n) is 7.23. The van der Waals surface area contributed by atoms with Gasteiger partial charge in [0.15, 0.2) is 0 Å². The van der Waals surface area contributed by atoms with Crippen LogP contribution in [0.2, 0.25) is 0 Å². The van der Waals surface area contributed by atoms with E-state index in [1.807, 2.05) is 36.6 Å². The molecule has 0 aliphatic heterocycles. The minimum atomic E-state index is -0.206. The zero-order valence-corrected chi connectivity index (χ0v) is 8.05. The topological polar surface area (TPSA) is 20.2 Å². The van der Waals surface area contributed by atoms with E-state index in [0.29, 0.717) is 0 Å². The van der Waals surface area contributed by atoms with Crippen LogP contribution in [0.25, 0.3) is 0 Å². The van der Waals surface area contributed by atoms with Crippen LogP contribution in [0.5, 0.6) is 0 Å². The highest BCUT2D eigenvalue weighted by Gasteiger charge is 2.02. The van der Waals surface area contributed by atoms with Gasteiger partial charge in [-0.15, -0.1) is 0 Å². The highest BCUT2D eigenvalue weighted by molar-refractivity contribution is 7.98. The molecule has 1 nitrogen and oxygen atoms in total. The Bertz CT molecular complexity index is 210. The molecule has 0 fully saturated rings. The summed E-state index contributed by atoms with van der Waals surface area (Å²) in [6.07, 6.45) is 2.57. The molecule has 0 saturated heterocycles. The normalized spacial score (nSPS) is 12.8. The molecule has 0 radical (unpaired) electrons. The molecule has 0 heterocycles. The van der Waals surface area contributed by atoms with Crippen molar-refractivity contribution >= 4 is 11.8 Å². The van der Waals surface area contributed by atoms with Crippen LogP contribution in [0.4, 0.5) is 0 Å². The molecule has 1 aromatic carbocycles. The highest BCUT2D eigenvalue weighted by atomic mass is 32.2. The lowest BCUT2D eigenvalue weighted by molar-refractivity contribution is 0.200. The van der Waals surface area contributed by atoms with E-state index in [1.54, 1.807) is 11.8 Å². The van der Waals surface area contributed by atoms with Crippen LogP contribution in [-0.4, -0.2) is 23.2 Å². The number of rotatable bonds is 4. The minimum absolute atomic E-state index is 0.206. The monoisotopic (exact) mass is 182 g/mol. The van der Waals surface area contributed by atoms with Crippen molar-refractivity contribution in [3.8, 4) is 0 Å². The van der Waals surface area contributed by atoms with Gasteiger partial charge in [-0.25, -0.2) is 0 Å². The standard InChI is InChI=1S/C10H14OS/c1-12-8-10(11)7-9-5-3-2-4-6-9/h2-6,10-11H,7-8H2,1H3. The summed E-state index contributed by atoms with van der Waals surface area (Å²) in [6, 6.07) is 10.1. The van der Waals surface area contributed by atoms with Crippen LogP contribution in [0, 0.1) is 0 Å². The average Bonchev–Trinajstić information content (AvgIpc) is 2.06. The van der Waals surface area contributed by atoms with Crippen molar-refractivity contribution in [1.29, 1.82) is 0 Å². The molecule has 0 aliphatic rings. The number of aliphatic hydroxyl groups is 1. The Hall–Kier alpha value is -0.470. The van der Waals surface area contributed by atoms with E-state index in [9.17, 15) is 5.11 Å². The fourth-order valence-electron chi connectivity index (χ4n) is 1.14. The summed E-state index contributed by atoms with van der Waals surface area (Å²) in [6.45, 7) is 0. The summed E-state index contributed by atoms with van der Waals surface area (Å²) in [5, 5.41) is 9.48. The molecule has 1 atom stereocenters. The first-order valence-electron chi connectivity index (χ1n) is 4.04. The molecule has 0 saturated carbocycles. The maximum Gasteiger partial charge on any atom is 0.0670 e. The third kappa shape index (κ3) is 3.28. The molecule has 0 bridgehead atoms. The number of benzene rings is 1. The third-order valence-corrected chi connectivity index (χ3v) is 2.39. The van der Waals surface area contributed by atoms with Gasteiger partial charge in [0, 0.05) is 5.75 Å². The molecule has 1 aromatic rings. The van der Waals surface area contributed by atoms with Crippen LogP contribution in [0.15, 0.2) is 30.3 Å². The van der Waals surface area contributed by atoms with E-state index < -0.39 is 0 Å². The summed E-state index contributed by atoms with van der Waals surface area (Å²) in [4.78, 5) is 0. The molecular formula is C10H14OS. The van der Waals surface area contributed by atoms with E-state index in [4.69, 9.17) is 0 Å². The Kier molecular flexibility index (Phi) is 4.19. The lowest BCUT2D eigenvalue weighted by atomic mass is 10.1. The second-order valence-electron chi connectivity index (χ2n) is 2.80. The van der Waals surface area contributed by atoms with Gasteiger partial charge in [-0.2, -0.15) is 11.8 Å². The molecule has 66 valence electrons. The van der Waals surface area contributed by atoms with E-state index in [0.717, 1.165) is 12.2 Å². The molecule has 12 heavy (non-hydrogen) atoms. The van der Waals surface area contributed by atoms with Gasteiger partial charge in [0.05, 0.1) is 6.10 Å². The highest BCUT2D eigenvalue weighted by Crippen LogP contribution is 2.06. The van der Waals surface area contributed by atoms with Crippen molar-refractivity contribution in [1.82, 2.24) is 0 Å². The van der Waals surface area contributed by atoms with E-state index in [1.165, 1.54) is 5.56 Å². The zero-order chi connectivity index (χ0) is 8.81. The van der Waals surface area contributed by atoms with E-state index in [2.05, 4.69) is 0 Å². The van der Waals surface area contributed by atoms with Gasteiger partial charge in [0.25, 0.3) is 0 Å². The van der Waals surface area contributed by atoms with Crippen molar-refractivity contribution < 1.29 is 5.11 Å². The van der Waals surface area contributed by atoms with Gasteiger partial charge in [-0.3, -0.25) is 0 Å². The summed E-state index contributed by atoms with van der Waals surface area (Å²) >= 11 is 1.68. The molecule has 1 rings (SSSR count). The number of thioether (sulfide) groups is 1. The Morgan fingerprint density at radius 2 is 2.00 bits per heavy atom. The van der Waals surface area contributed by atoms with Crippen molar-refractivity contribution in [2.24, 2.45) is 0 Å². The molecule has 0 amide bonds. The van der Waals surface area contributed by atoms with Gasteiger partial charge in [0.2, 0.25) is 0 Å². The first kappa shape index (κ1) is 9.62. The number of hydrogen-bond donors (Lipinski definition) is 1. The molecule has 1 unspecified atom stereocenters. The van der Waals surface area contributed by atoms with Crippen LogP contribution in [0.1, 0.15) is 5.56 Å². The SMILES string of the molecule is CSCC(O)Cc1ccccc1. The van der Waals surface area contributed by atoms with Crippen molar-refractivity contribution in [3.05, 3.63) is 35.9 Å². The van der Waals surface area contributed by atoms with Crippen molar-refractivity contribution in [2.45, 2.75) is 12.5 Å². The number of aliphatic hydroxyl groups excluding tert-OH is 1. The Morgan fingerprint density at radius 1 is 1.33 bits per heavy atom. The van der Waals surface area contributed by atoms with Crippen molar-refractivity contribution in [3.63, 3.8) is 0 Å². The Labute approximate surface area is 77.8 Å². The van der Waals surface area contributed by atoms with Gasteiger partial charge < -0.3 is 5.11 Å². The van der Waals surface area contributed by atoms with Gasteiger partial charge in [0.1, 0.15) is 0 Å². The predicted octanol–water partition coefficient (Wildman–Crippen LogP) is 1.95. The van der Waals surface area contributed by atoms with Gasteiger partial charge in [-0.1, -0.05) is 30.3 Å². The summed E-state index contributed by atoms with van der Waals surface area (Å²) < 4.78 is 0. The van der Waals surface area contributed by atoms with E-state index >= 15 is 0 Å². The van der Waals surface area contributed by atoms with E-state index in [-0.39, 0.29) is 6.10 Å². The lowest BCUT2D eigenvalue weighted by Crippen LogP contribution is -2.12. The first-order chi connectivity index (χ1) is 5.83. The van der Waals surface area contributed by atoms with Crippen LogP contribution < -0.4 is 0 Å². The maximum atomic E-state index is 9.48. The summed E-state index contributed by atoms with van der Waals surface area (Å²) in [5.74, 6) is 0.814. The fraction of sp³-hybridized carbons (Fsp3) is 0.400. The third-order valence-electron chi connectivity index (χ3n) is 1.67. The largest absolute Gasteiger partial charge is 0.392 e. The molecule has 1 N–H and O–H groups in total. The number of hydrogen-bond acceptors (Lipinski definition) is 2. The smallest absolute Gasteiger partial charge is 0.0670 e. The molecular weight excluding hydrogens is 168 g/mol. The van der Waals surface area contributed by atoms with Gasteiger partial charge in [-0.05, 0) is 18.2 Å². The predicted molar refractivity (Wildman–Crippen MR) is 54.5 cm³/mol. The fourth-order valence-corrected chi connectivity index (χ4v) is 1.64. The first-order valence-corrected chi connectivity index (χ1v) is 5.43. The van der Waals surface area contributed by atoms with Crippen molar-refractivity contribution in [2.75, 3.05) is 12.0 Å². The Balaban J connectivity index is 2.41. The van der Waals surface area contributed by atoms with Crippen LogP contribution in [-0.2, 0) is 6.42 Å². The van der Waals surface area contributed by atoms with Crippen LogP contribution in [0.3, 0.4) is 0 Å². The summed E-state index contributed by atoms with van der Waals surface area (Å²) in [5.41, 5.74) is 1.21. The molecule has 0 aliphatic carbocycles. The Morgan fingerprint density at radius 3 is 2.58 bits per heavy atom. The minimum Gasteiger partial charge on any atom is -0.392 e.